The quantitative estimate of drug-likeness (QED) is 0.314. The van der Waals surface area contributed by atoms with Crippen LogP contribution in [-0.4, -0.2) is 60.4 Å². The van der Waals surface area contributed by atoms with Crippen molar-refractivity contribution in [2.45, 2.75) is 52.3 Å². The fraction of sp³-hybridized carbons (Fsp3) is 0.600. The van der Waals surface area contributed by atoms with Crippen LogP contribution in [0, 0.1) is 0 Å². The minimum absolute atomic E-state index is 0. The fourth-order valence-electron chi connectivity index (χ4n) is 2.95. The van der Waals surface area contributed by atoms with Crippen molar-refractivity contribution in [2.24, 2.45) is 4.99 Å². The molecule has 1 aromatic rings. The number of guanidine groups is 1. The Hall–Kier alpha value is -1.91. The molecule has 164 valence electrons. The minimum Gasteiger partial charge on any atom is -0.508 e. The summed E-state index contributed by atoms with van der Waals surface area (Å²) in [4.78, 5) is 18.7. The number of aromatic hydroxyl groups is 1. The summed E-state index contributed by atoms with van der Waals surface area (Å²) < 4.78 is 10.5. The molecule has 0 aromatic heterocycles. The summed E-state index contributed by atoms with van der Waals surface area (Å²) in [7, 11) is 1.59. The number of alkyl carbamates (subject to hydrolysis) is 1. The van der Waals surface area contributed by atoms with Gasteiger partial charge in [-0.2, -0.15) is 0 Å². The number of phenols is 1. The molecule has 1 saturated heterocycles. The average Bonchev–Trinajstić information content (AvgIpc) is 3.06. The maximum Gasteiger partial charge on any atom is 0.407 e. The zero-order valence-electron chi connectivity index (χ0n) is 17.8. The summed E-state index contributed by atoms with van der Waals surface area (Å²) in [6.07, 6.45) is 0.413. The van der Waals surface area contributed by atoms with Crippen LogP contribution in [0.25, 0.3) is 0 Å². The van der Waals surface area contributed by atoms with Gasteiger partial charge in [0.15, 0.2) is 5.96 Å². The van der Waals surface area contributed by atoms with E-state index < -0.39 is 11.7 Å². The van der Waals surface area contributed by atoms with Crippen molar-refractivity contribution >= 4 is 36.0 Å². The Balaban J connectivity index is 0.00000420. The fourth-order valence-corrected chi connectivity index (χ4v) is 2.95. The Morgan fingerprint density at radius 1 is 1.38 bits per heavy atom. The highest BCUT2D eigenvalue weighted by Crippen LogP contribution is 2.23. The van der Waals surface area contributed by atoms with E-state index in [4.69, 9.17) is 9.47 Å². The molecule has 1 amide bonds. The van der Waals surface area contributed by atoms with Crippen molar-refractivity contribution in [3.05, 3.63) is 23.8 Å². The van der Waals surface area contributed by atoms with Crippen LogP contribution in [0.2, 0.25) is 0 Å². The molecule has 3 N–H and O–H groups in total. The number of rotatable bonds is 5. The zero-order chi connectivity index (χ0) is 20.7. The first-order chi connectivity index (χ1) is 13.2. The third kappa shape index (κ3) is 8.15. The van der Waals surface area contributed by atoms with Crippen LogP contribution in [0.3, 0.4) is 0 Å². The number of benzene rings is 1. The molecule has 8 nitrogen and oxygen atoms in total. The van der Waals surface area contributed by atoms with Gasteiger partial charge in [0, 0.05) is 25.2 Å². The highest BCUT2D eigenvalue weighted by molar-refractivity contribution is 14.0. The second-order valence-corrected chi connectivity index (χ2v) is 7.74. The summed E-state index contributed by atoms with van der Waals surface area (Å²) in [5, 5.41) is 16.2. The molecule has 1 fully saturated rings. The largest absolute Gasteiger partial charge is 0.508 e. The monoisotopic (exact) mass is 520 g/mol. The van der Waals surface area contributed by atoms with Crippen LogP contribution in [0.15, 0.2) is 23.2 Å². The number of hydrogen-bond donors (Lipinski definition) is 3. The van der Waals surface area contributed by atoms with E-state index in [1.54, 1.807) is 25.3 Å². The lowest BCUT2D eigenvalue weighted by Gasteiger charge is -2.23. The van der Waals surface area contributed by atoms with Gasteiger partial charge in [0.2, 0.25) is 0 Å². The van der Waals surface area contributed by atoms with Crippen molar-refractivity contribution < 1.29 is 19.4 Å². The summed E-state index contributed by atoms with van der Waals surface area (Å²) in [5.41, 5.74) is 0.176. The van der Waals surface area contributed by atoms with Gasteiger partial charge in [-0.1, -0.05) is 0 Å². The van der Waals surface area contributed by atoms with Crippen LogP contribution in [0.4, 0.5) is 4.79 Å². The molecule has 29 heavy (non-hydrogen) atoms. The van der Waals surface area contributed by atoms with Crippen molar-refractivity contribution in [3.63, 3.8) is 0 Å². The number of carbonyl (C=O) groups excluding carboxylic acids is 1. The first-order valence-electron chi connectivity index (χ1n) is 9.60. The molecule has 1 aliphatic heterocycles. The molecule has 1 atom stereocenters. The van der Waals surface area contributed by atoms with Crippen molar-refractivity contribution in [1.29, 1.82) is 0 Å². The molecule has 2 rings (SSSR count). The molecule has 9 heteroatoms. The average molecular weight is 520 g/mol. The molecule has 1 aliphatic rings. The van der Waals surface area contributed by atoms with E-state index in [-0.39, 0.29) is 35.8 Å². The van der Waals surface area contributed by atoms with E-state index in [9.17, 15) is 9.90 Å². The minimum atomic E-state index is -0.516. The number of nitrogens with zero attached hydrogens (tertiary/aromatic N) is 2. The Labute approximate surface area is 190 Å². The molecule has 0 aliphatic carbocycles. The molecule has 0 radical (unpaired) electrons. The van der Waals surface area contributed by atoms with Gasteiger partial charge >= 0.3 is 6.09 Å². The maximum absolute atomic E-state index is 12.0. The molecule has 0 spiro atoms. The Morgan fingerprint density at radius 3 is 2.72 bits per heavy atom. The normalized spacial score (nSPS) is 16.8. The lowest BCUT2D eigenvalue weighted by atomic mass is 10.2. The van der Waals surface area contributed by atoms with E-state index in [0.29, 0.717) is 24.4 Å². The number of amides is 1. The van der Waals surface area contributed by atoms with E-state index in [2.05, 4.69) is 20.5 Å². The van der Waals surface area contributed by atoms with E-state index >= 15 is 0 Å². The predicted molar refractivity (Wildman–Crippen MR) is 124 cm³/mol. The van der Waals surface area contributed by atoms with Crippen molar-refractivity contribution in [1.82, 2.24) is 15.5 Å². The number of halogens is 1. The van der Waals surface area contributed by atoms with Gasteiger partial charge in [-0.25, -0.2) is 9.79 Å². The van der Waals surface area contributed by atoms with Gasteiger partial charge in [-0.15, -0.1) is 24.0 Å². The van der Waals surface area contributed by atoms with Crippen LogP contribution in [0.5, 0.6) is 11.5 Å². The number of aliphatic imine (C=N–C) groups is 1. The third-order valence-electron chi connectivity index (χ3n) is 4.23. The Kier molecular flexibility index (Phi) is 9.81. The number of methoxy groups -OCH3 is 1. The Bertz CT molecular complexity index is 706. The van der Waals surface area contributed by atoms with E-state index in [1.807, 2.05) is 27.7 Å². The summed E-state index contributed by atoms with van der Waals surface area (Å²) >= 11 is 0. The van der Waals surface area contributed by atoms with Crippen molar-refractivity contribution in [3.8, 4) is 11.5 Å². The molecule has 1 aromatic carbocycles. The summed E-state index contributed by atoms with van der Waals surface area (Å²) in [5.74, 6) is 1.61. The lowest BCUT2D eigenvalue weighted by molar-refractivity contribution is 0.0507. The van der Waals surface area contributed by atoms with Gasteiger partial charge in [-0.05, 0) is 52.3 Å². The molecular formula is C20H33IN4O4. The van der Waals surface area contributed by atoms with Gasteiger partial charge in [-0.3, -0.25) is 0 Å². The second-order valence-electron chi connectivity index (χ2n) is 7.74. The molecular weight excluding hydrogens is 487 g/mol. The standard InChI is InChI=1S/C20H32N4O4.HI/c1-6-21-18(22-12-14-11-16(27-5)7-8-17(14)25)24-10-9-15(13-24)23-19(26)28-20(2,3)4;/h7-8,11,15,25H,6,9-10,12-13H2,1-5H3,(H,21,22)(H,23,26);1H. The second kappa shape index (κ2) is 11.3. The maximum atomic E-state index is 12.0. The lowest BCUT2D eigenvalue weighted by Crippen LogP contribution is -2.44. The van der Waals surface area contributed by atoms with Gasteiger partial charge in [0.25, 0.3) is 0 Å². The third-order valence-corrected chi connectivity index (χ3v) is 4.23. The van der Waals surface area contributed by atoms with E-state index in [1.165, 1.54) is 0 Å². The van der Waals surface area contributed by atoms with E-state index in [0.717, 1.165) is 25.5 Å². The topological polar surface area (TPSA) is 95.4 Å². The summed E-state index contributed by atoms with van der Waals surface area (Å²) in [6, 6.07) is 5.09. The van der Waals surface area contributed by atoms with Gasteiger partial charge in [0.1, 0.15) is 17.1 Å². The predicted octanol–water partition coefficient (Wildman–Crippen LogP) is 3.08. The first kappa shape index (κ1) is 25.1. The first-order valence-corrected chi connectivity index (χ1v) is 9.60. The number of phenolic OH excluding ortho intramolecular Hbond substituents is 1. The molecule has 0 bridgehead atoms. The van der Waals surface area contributed by atoms with Crippen LogP contribution in [0.1, 0.15) is 39.7 Å². The number of likely N-dealkylation sites (tertiary alicyclic amines) is 1. The summed E-state index contributed by atoms with van der Waals surface area (Å²) in [6.45, 7) is 10.0. The van der Waals surface area contributed by atoms with Gasteiger partial charge in [0.05, 0.1) is 19.7 Å². The number of hydrogen-bond acceptors (Lipinski definition) is 5. The Morgan fingerprint density at radius 2 is 2.10 bits per heavy atom. The molecule has 1 unspecified atom stereocenters. The van der Waals surface area contributed by atoms with Gasteiger partial charge < -0.3 is 30.1 Å². The highest BCUT2D eigenvalue weighted by atomic mass is 127. The molecule has 0 saturated carbocycles. The SMILES string of the molecule is CCNC(=NCc1cc(OC)ccc1O)N1CCC(NC(=O)OC(C)(C)C)C1.I. The smallest absolute Gasteiger partial charge is 0.407 e. The van der Waals surface area contributed by atoms with Crippen molar-refractivity contribution in [2.75, 3.05) is 26.7 Å². The number of nitrogens with one attached hydrogen (secondary N) is 2. The van der Waals surface area contributed by atoms with Crippen LogP contribution >= 0.6 is 24.0 Å². The van der Waals surface area contributed by atoms with Crippen LogP contribution in [-0.2, 0) is 11.3 Å². The van der Waals surface area contributed by atoms with Crippen LogP contribution < -0.4 is 15.4 Å². The molecule has 1 heterocycles. The zero-order valence-corrected chi connectivity index (χ0v) is 20.1. The number of ether oxygens (including phenoxy) is 2. The highest BCUT2D eigenvalue weighted by Gasteiger charge is 2.27. The number of carbonyl (C=O) groups is 1.